The first-order chi connectivity index (χ1) is 10.3. The summed E-state index contributed by atoms with van der Waals surface area (Å²) < 4.78 is 16.4. The Balaban J connectivity index is 1.65. The number of hydrogen-bond acceptors (Lipinski definition) is 4. The fourth-order valence-electron chi connectivity index (χ4n) is 2.11. The van der Waals surface area contributed by atoms with Crippen LogP contribution in [0.25, 0.3) is 0 Å². The second-order valence-electron chi connectivity index (χ2n) is 4.75. The Kier molecular flexibility index (Phi) is 4.28. The maximum absolute atomic E-state index is 11.9. The van der Waals surface area contributed by atoms with Crippen molar-refractivity contribution in [1.82, 2.24) is 0 Å². The lowest BCUT2D eigenvalue weighted by atomic mass is 10.2. The van der Waals surface area contributed by atoms with Crippen LogP contribution in [0.1, 0.15) is 28.6 Å². The summed E-state index contributed by atoms with van der Waals surface area (Å²) in [6.07, 6.45) is 0.598. The fraction of sp³-hybridized carbons (Fsp3) is 0.235. The molecule has 21 heavy (non-hydrogen) atoms. The monoisotopic (exact) mass is 284 g/mol. The quantitative estimate of drug-likeness (QED) is 0.640. The molecular weight excluding hydrogens is 268 g/mol. The molecule has 1 fully saturated rings. The van der Waals surface area contributed by atoms with Crippen LogP contribution in [0.5, 0.6) is 5.75 Å². The zero-order chi connectivity index (χ0) is 14.5. The molecule has 0 amide bonds. The van der Waals surface area contributed by atoms with Gasteiger partial charge in [0.25, 0.3) is 0 Å². The summed E-state index contributed by atoms with van der Waals surface area (Å²) in [7, 11) is 0. The molecule has 1 saturated heterocycles. The van der Waals surface area contributed by atoms with Gasteiger partial charge in [-0.1, -0.05) is 30.3 Å². The van der Waals surface area contributed by atoms with Crippen LogP contribution in [0.3, 0.4) is 0 Å². The molecule has 0 atom stereocenters. The van der Waals surface area contributed by atoms with Gasteiger partial charge in [0, 0.05) is 5.56 Å². The molecule has 0 spiro atoms. The van der Waals surface area contributed by atoms with Crippen LogP contribution in [0.15, 0.2) is 54.6 Å². The van der Waals surface area contributed by atoms with E-state index in [0.29, 0.717) is 24.5 Å². The van der Waals surface area contributed by atoms with Gasteiger partial charge in [-0.25, -0.2) is 4.79 Å². The Hall–Kier alpha value is -2.17. The highest BCUT2D eigenvalue weighted by atomic mass is 16.7. The second-order valence-corrected chi connectivity index (χ2v) is 4.75. The smallest absolute Gasteiger partial charge is 0.343 e. The lowest BCUT2D eigenvalue weighted by molar-refractivity contribution is -0.183. The summed E-state index contributed by atoms with van der Waals surface area (Å²) in [6.45, 7) is 1.41. The van der Waals surface area contributed by atoms with Crippen molar-refractivity contribution >= 4 is 5.97 Å². The van der Waals surface area contributed by atoms with Crippen molar-refractivity contribution in [3.63, 3.8) is 0 Å². The van der Waals surface area contributed by atoms with Crippen molar-refractivity contribution in [2.75, 3.05) is 13.2 Å². The van der Waals surface area contributed by atoms with Gasteiger partial charge in [0.2, 0.25) is 0 Å². The van der Waals surface area contributed by atoms with E-state index in [2.05, 4.69) is 0 Å². The van der Waals surface area contributed by atoms with Crippen molar-refractivity contribution in [2.24, 2.45) is 0 Å². The Labute approximate surface area is 123 Å². The number of esters is 1. The van der Waals surface area contributed by atoms with Crippen molar-refractivity contribution in [3.8, 4) is 5.75 Å². The van der Waals surface area contributed by atoms with Crippen LogP contribution in [-0.2, 0) is 9.47 Å². The molecule has 1 aliphatic rings. The average Bonchev–Trinajstić information content (AvgIpc) is 2.57. The van der Waals surface area contributed by atoms with E-state index < -0.39 is 0 Å². The third-order valence-corrected chi connectivity index (χ3v) is 3.20. The molecule has 3 rings (SSSR count). The summed E-state index contributed by atoms with van der Waals surface area (Å²) in [5.41, 5.74) is 1.45. The van der Waals surface area contributed by atoms with E-state index in [1.807, 2.05) is 18.2 Å². The number of hydrogen-bond donors (Lipinski definition) is 0. The van der Waals surface area contributed by atoms with Gasteiger partial charge in [0.1, 0.15) is 5.75 Å². The van der Waals surface area contributed by atoms with Crippen LogP contribution in [0.4, 0.5) is 0 Å². The molecule has 4 nitrogen and oxygen atoms in total. The Morgan fingerprint density at radius 2 is 1.62 bits per heavy atom. The molecule has 2 aromatic rings. The molecule has 0 saturated carbocycles. The highest BCUT2D eigenvalue weighted by Crippen LogP contribution is 2.25. The normalized spacial score (nSPS) is 15.6. The zero-order valence-corrected chi connectivity index (χ0v) is 11.5. The minimum Gasteiger partial charge on any atom is -0.423 e. The Bertz CT molecular complexity index is 586. The number of carbonyl (C=O) groups is 1. The Morgan fingerprint density at radius 1 is 0.952 bits per heavy atom. The second kappa shape index (κ2) is 6.52. The van der Waals surface area contributed by atoms with Crippen LogP contribution < -0.4 is 4.74 Å². The summed E-state index contributed by atoms with van der Waals surface area (Å²) >= 11 is 0. The molecule has 0 aromatic heterocycles. The van der Waals surface area contributed by atoms with Crippen LogP contribution in [-0.4, -0.2) is 19.2 Å². The third kappa shape index (κ3) is 3.48. The van der Waals surface area contributed by atoms with Crippen LogP contribution in [0.2, 0.25) is 0 Å². The number of rotatable bonds is 3. The predicted octanol–water partition coefficient (Wildman–Crippen LogP) is 3.34. The lowest BCUT2D eigenvalue weighted by Gasteiger charge is -2.23. The number of benzene rings is 2. The lowest BCUT2D eigenvalue weighted by Crippen LogP contribution is -2.17. The standard InChI is InChI=1S/C17H16O4/c18-16(13-5-2-1-3-6-13)21-15-9-7-14(8-10-15)17-19-11-4-12-20-17/h1-3,5-10,17H,4,11-12H2. The fourth-order valence-corrected chi connectivity index (χ4v) is 2.11. The van der Waals surface area contributed by atoms with Crippen LogP contribution >= 0.6 is 0 Å². The molecule has 0 unspecified atom stereocenters. The van der Waals surface area contributed by atoms with Gasteiger partial charge in [-0.2, -0.15) is 0 Å². The molecule has 2 aromatic carbocycles. The Morgan fingerprint density at radius 3 is 2.29 bits per heavy atom. The highest BCUT2D eigenvalue weighted by Gasteiger charge is 2.16. The van der Waals surface area contributed by atoms with Crippen molar-refractivity contribution in [3.05, 3.63) is 65.7 Å². The molecule has 0 radical (unpaired) electrons. The SMILES string of the molecule is O=C(Oc1ccc(C2OCCCO2)cc1)c1ccccc1. The molecular formula is C17H16O4. The maximum Gasteiger partial charge on any atom is 0.343 e. The number of carbonyl (C=O) groups excluding carboxylic acids is 1. The summed E-state index contributed by atoms with van der Waals surface area (Å²) in [5.74, 6) is 0.136. The van der Waals surface area contributed by atoms with E-state index in [4.69, 9.17) is 14.2 Å². The van der Waals surface area contributed by atoms with Gasteiger partial charge >= 0.3 is 5.97 Å². The zero-order valence-electron chi connectivity index (χ0n) is 11.5. The molecule has 0 N–H and O–H groups in total. The minimum absolute atomic E-state index is 0.322. The summed E-state index contributed by atoms with van der Waals surface area (Å²) in [4.78, 5) is 11.9. The van der Waals surface area contributed by atoms with Crippen molar-refractivity contribution in [1.29, 1.82) is 0 Å². The molecule has 108 valence electrons. The van der Waals surface area contributed by atoms with Gasteiger partial charge in [-0.3, -0.25) is 0 Å². The molecule has 4 heteroatoms. The molecule has 1 heterocycles. The first kappa shape index (κ1) is 13.8. The first-order valence-electron chi connectivity index (χ1n) is 6.93. The van der Waals surface area contributed by atoms with Crippen LogP contribution in [0, 0.1) is 0 Å². The predicted molar refractivity (Wildman–Crippen MR) is 77.1 cm³/mol. The average molecular weight is 284 g/mol. The van der Waals surface area contributed by atoms with Gasteiger partial charge in [0.15, 0.2) is 6.29 Å². The number of ether oxygens (including phenoxy) is 3. The van der Waals surface area contributed by atoms with Gasteiger partial charge in [-0.05, 0) is 30.7 Å². The van der Waals surface area contributed by atoms with Crippen molar-refractivity contribution < 1.29 is 19.0 Å². The van der Waals surface area contributed by atoms with E-state index in [-0.39, 0.29) is 12.3 Å². The van der Waals surface area contributed by atoms with E-state index >= 15 is 0 Å². The van der Waals surface area contributed by atoms with Gasteiger partial charge in [-0.15, -0.1) is 0 Å². The molecule has 0 bridgehead atoms. The minimum atomic E-state index is -0.367. The summed E-state index contributed by atoms with van der Waals surface area (Å²) in [6, 6.07) is 16.1. The first-order valence-corrected chi connectivity index (χ1v) is 6.93. The van der Waals surface area contributed by atoms with E-state index in [1.165, 1.54) is 0 Å². The highest BCUT2D eigenvalue weighted by molar-refractivity contribution is 5.90. The van der Waals surface area contributed by atoms with Crippen molar-refractivity contribution in [2.45, 2.75) is 12.7 Å². The van der Waals surface area contributed by atoms with Gasteiger partial charge < -0.3 is 14.2 Å². The molecule has 1 aliphatic heterocycles. The largest absolute Gasteiger partial charge is 0.423 e. The van der Waals surface area contributed by atoms with E-state index in [9.17, 15) is 4.79 Å². The van der Waals surface area contributed by atoms with Gasteiger partial charge in [0.05, 0.1) is 18.8 Å². The topological polar surface area (TPSA) is 44.8 Å². The summed E-state index contributed by atoms with van der Waals surface area (Å²) in [5, 5.41) is 0. The third-order valence-electron chi connectivity index (χ3n) is 3.20. The maximum atomic E-state index is 11.9. The van der Waals surface area contributed by atoms with E-state index in [0.717, 1.165) is 12.0 Å². The van der Waals surface area contributed by atoms with E-state index in [1.54, 1.807) is 36.4 Å². The molecule has 0 aliphatic carbocycles.